The Kier molecular flexibility index (Phi) is 5.96. The predicted octanol–water partition coefficient (Wildman–Crippen LogP) is 6.52. The highest BCUT2D eigenvalue weighted by Crippen LogP contribution is 2.38. The summed E-state index contributed by atoms with van der Waals surface area (Å²) < 4.78 is 17.9. The molecule has 176 valence electrons. The van der Waals surface area contributed by atoms with Crippen LogP contribution in [-0.2, 0) is 0 Å². The number of amides is 1. The number of methoxy groups -OCH3 is 2. The van der Waals surface area contributed by atoms with Gasteiger partial charge in [0.25, 0.3) is 5.91 Å². The molecule has 7 nitrogen and oxygen atoms in total. The Balaban J connectivity index is 1.42. The summed E-state index contributed by atoms with van der Waals surface area (Å²) >= 11 is 1.40. The molecule has 0 saturated carbocycles. The lowest BCUT2D eigenvalue weighted by Gasteiger charge is -2.12. The van der Waals surface area contributed by atoms with Gasteiger partial charge in [0.05, 0.1) is 30.0 Å². The summed E-state index contributed by atoms with van der Waals surface area (Å²) in [5.41, 5.74) is 4.19. The molecule has 0 aliphatic carbocycles. The second-order valence-electron chi connectivity index (χ2n) is 7.99. The van der Waals surface area contributed by atoms with Crippen molar-refractivity contribution in [3.63, 3.8) is 0 Å². The van der Waals surface area contributed by atoms with Gasteiger partial charge in [-0.05, 0) is 55.3 Å². The molecule has 2 aromatic heterocycles. The van der Waals surface area contributed by atoms with E-state index in [1.807, 2.05) is 62.4 Å². The fraction of sp³-hybridized carbons (Fsp3) is 0.148. The van der Waals surface area contributed by atoms with Crippen molar-refractivity contribution >= 4 is 43.5 Å². The molecule has 2 heterocycles. The Hall–Kier alpha value is -4.17. The van der Waals surface area contributed by atoms with Gasteiger partial charge in [-0.2, -0.15) is 0 Å². The molecule has 8 heteroatoms. The van der Waals surface area contributed by atoms with Crippen molar-refractivity contribution in [1.29, 1.82) is 0 Å². The second-order valence-corrected chi connectivity index (χ2v) is 9.02. The first-order valence-electron chi connectivity index (χ1n) is 10.9. The number of aryl methyl sites for hydroxylation is 1. The average molecular weight is 486 g/mol. The molecule has 1 amide bonds. The summed E-state index contributed by atoms with van der Waals surface area (Å²) in [6.45, 7) is 3.94. The number of anilines is 1. The Bertz CT molecular complexity index is 1580. The topological polar surface area (TPSA) is 82.6 Å². The van der Waals surface area contributed by atoms with Crippen LogP contribution in [0, 0.1) is 13.8 Å². The SMILES string of the molecule is COc1cc2nccc(Oc3ccc4nc(NC(=O)c5cccc(C)c5C)sc4c3)c2cc1OC. The Morgan fingerprint density at radius 1 is 0.914 bits per heavy atom. The number of benzene rings is 3. The minimum atomic E-state index is -0.172. The average Bonchev–Trinajstić information content (AvgIpc) is 3.26. The van der Waals surface area contributed by atoms with Gasteiger partial charge >= 0.3 is 0 Å². The molecule has 0 unspecified atom stereocenters. The zero-order valence-electron chi connectivity index (χ0n) is 19.7. The van der Waals surface area contributed by atoms with Crippen LogP contribution < -0.4 is 19.5 Å². The minimum absolute atomic E-state index is 0.172. The summed E-state index contributed by atoms with van der Waals surface area (Å²) in [5.74, 6) is 2.32. The molecular formula is C27H23N3O4S. The molecule has 0 aliphatic rings. The fourth-order valence-corrected chi connectivity index (χ4v) is 4.74. The van der Waals surface area contributed by atoms with E-state index in [2.05, 4.69) is 15.3 Å². The van der Waals surface area contributed by atoms with Crippen molar-refractivity contribution in [3.8, 4) is 23.0 Å². The predicted molar refractivity (Wildman–Crippen MR) is 138 cm³/mol. The van der Waals surface area contributed by atoms with Gasteiger partial charge in [0, 0.05) is 29.3 Å². The third kappa shape index (κ3) is 4.36. The third-order valence-electron chi connectivity index (χ3n) is 5.86. The Morgan fingerprint density at radius 2 is 1.71 bits per heavy atom. The molecule has 0 atom stereocenters. The van der Waals surface area contributed by atoms with Gasteiger partial charge in [-0.1, -0.05) is 23.5 Å². The van der Waals surface area contributed by atoms with Crippen molar-refractivity contribution in [3.05, 3.63) is 77.5 Å². The first-order chi connectivity index (χ1) is 17.0. The highest BCUT2D eigenvalue weighted by Gasteiger charge is 2.15. The molecule has 5 aromatic rings. The van der Waals surface area contributed by atoms with Gasteiger partial charge in [0.15, 0.2) is 16.6 Å². The third-order valence-corrected chi connectivity index (χ3v) is 6.80. The minimum Gasteiger partial charge on any atom is -0.493 e. The van der Waals surface area contributed by atoms with Crippen LogP contribution in [-0.4, -0.2) is 30.1 Å². The van der Waals surface area contributed by atoms with E-state index < -0.39 is 0 Å². The summed E-state index contributed by atoms with van der Waals surface area (Å²) in [4.78, 5) is 21.8. The summed E-state index contributed by atoms with van der Waals surface area (Å²) in [6, 6.07) is 16.8. The number of rotatable bonds is 6. The maximum absolute atomic E-state index is 12.8. The van der Waals surface area contributed by atoms with E-state index >= 15 is 0 Å². The van der Waals surface area contributed by atoms with Crippen molar-refractivity contribution in [2.45, 2.75) is 13.8 Å². The molecule has 0 aliphatic heterocycles. The van der Waals surface area contributed by atoms with Crippen LogP contribution >= 0.6 is 11.3 Å². The van der Waals surface area contributed by atoms with Crippen LogP contribution in [0.5, 0.6) is 23.0 Å². The number of nitrogens with one attached hydrogen (secondary N) is 1. The van der Waals surface area contributed by atoms with Gasteiger partial charge < -0.3 is 14.2 Å². The highest BCUT2D eigenvalue weighted by atomic mass is 32.1. The van der Waals surface area contributed by atoms with Gasteiger partial charge in [-0.15, -0.1) is 0 Å². The summed E-state index contributed by atoms with van der Waals surface area (Å²) in [7, 11) is 3.18. The maximum Gasteiger partial charge on any atom is 0.257 e. The van der Waals surface area contributed by atoms with E-state index in [0.717, 1.165) is 32.2 Å². The monoisotopic (exact) mass is 485 g/mol. The molecule has 0 bridgehead atoms. The zero-order chi connectivity index (χ0) is 24.5. The molecule has 0 spiro atoms. The van der Waals surface area contributed by atoms with E-state index in [-0.39, 0.29) is 5.91 Å². The summed E-state index contributed by atoms with van der Waals surface area (Å²) in [5, 5.41) is 4.26. The van der Waals surface area contributed by atoms with E-state index in [9.17, 15) is 4.79 Å². The van der Waals surface area contributed by atoms with Crippen molar-refractivity contribution in [2.75, 3.05) is 19.5 Å². The zero-order valence-corrected chi connectivity index (χ0v) is 20.5. The van der Waals surface area contributed by atoms with Crippen LogP contribution in [0.3, 0.4) is 0 Å². The lowest BCUT2D eigenvalue weighted by atomic mass is 10.0. The largest absolute Gasteiger partial charge is 0.493 e. The number of aromatic nitrogens is 2. The number of carbonyl (C=O) groups is 1. The number of fused-ring (bicyclic) bond motifs is 2. The Labute approximate surface area is 206 Å². The molecule has 0 fully saturated rings. The second kappa shape index (κ2) is 9.23. The van der Waals surface area contributed by atoms with Gasteiger partial charge in [0.2, 0.25) is 0 Å². The van der Waals surface area contributed by atoms with Crippen LogP contribution in [0.1, 0.15) is 21.5 Å². The smallest absolute Gasteiger partial charge is 0.257 e. The maximum atomic E-state index is 12.8. The number of ether oxygens (including phenoxy) is 3. The van der Waals surface area contributed by atoms with Crippen molar-refractivity contribution < 1.29 is 19.0 Å². The molecule has 5 rings (SSSR count). The summed E-state index contributed by atoms with van der Waals surface area (Å²) in [6.07, 6.45) is 1.69. The van der Waals surface area contributed by atoms with Gasteiger partial charge in [-0.25, -0.2) is 4.98 Å². The molecule has 0 saturated heterocycles. The van der Waals surface area contributed by atoms with E-state index in [0.29, 0.717) is 33.7 Å². The van der Waals surface area contributed by atoms with E-state index in [1.54, 1.807) is 26.5 Å². The highest BCUT2D eigenvalue weighted by molar-refractivity contribution is 7.22. The molecular weight excluding hydrogens is 462 g/mol. The van der Waals surface area contributed by atoms with Crippen LogP contribution in [0.2, 0.25) is 0 Å². The van der Waals surface area contributed by atoms with Gasteiger partial charge in [0.1, 0.15) is 11.5 Å². The molecule has 0 radical (unpaired) electrons. The quantitative estimate of drug-likeness (QED) is 0.295. The lowest BCUT2D eigenvalue weighted by Crippen LogP contribution is -2.13. The molecule has 1 N–H and O–H groups in total. The van der Waals surface area contributed by atoms with Crippen LogP contribution in [0.4, 0.5) is 5.13 Å². The van der Waals surface area contributed by atoms with Crippen LogP contribution in [0.15, 0.2) is 60.8 Å². The number of pyridine rings is 1. The normalized spacial score (nSPS) is 11.0. The van der Waals surface area contributed by atoms with Crippen molar-refractivity contribution in [1.82, 2.24) is 9.97 Å². The fourth-order valence-electron chi connectivity index (χ4n) is 3.85. The lowest BCUT2D eigenvalue weighted by molar-refractivity contribution is 0.102. The first kappa shape index (κ1) is 22.6. The number of hydrogen-bond acceptors (Lipinski definition) is 7. The van der Waals surface area contributed by atoms with Gasteiger partial charge in [-0.3, -0.25) is 15.1 Å². The van der Waals surface area contributed by atoms with E-state index in [1.165, 1.54) is 11.3 Å². The standard InChI is InChI=1S/C27H23N3O4S/c1-15-6-5-7-18(16(15)2)26(31)30-27-29-20-9-8-17(12-25(20)35-27)34-22-10-11-28-21-14-24(33-4)23(32-3)13-19(21)22/h5-14H,1-4H3,(H,29,30,31). The number of hydrogen-bond donors (Lipinski definition) is 1. The first-order valence-corrected chi connectivity index (χ1v) is 11.7. The number of nitrogens with zero attached hydrogens (tertiary/aromatic N) is 2. The molecule has 3 aromatic carbocycles. The van der Waals surface area contributed by atoms with E-state index in [4.69, 9.17) is 14.2 Å². The van der Waals surface area contributed by atoms with Crippen LogP contribution in [0.25, 0.3) is 21.1 Å². The number of carbonyl (C=O) groups excluding carboxylic acids is 1. The number of thiazole rings is 1. The molecule has 35 heavy (non-hydrogen) atoms. The van der Waals surface area contributed by atoms with Crippen molar-refractivity contribution in [2.24, 2.45) is 0 Å². The Morgan fingerprint density at radius 3 is 2.51 bits per heavy atom.